The highest BCUT2D eigenvalue weighted by Crippen LogP contribution is 2.16. The van der Waals surface area contributed by atoms with Gasteiger partial charge in [-0.15, -0.1) is 0 Å². The Kier molecular flexibility index (Phi) is 3.71. The summed E-state index contributed by atoms with van der Waals surface area (Å²) in [7, 11) is 1.75. The third-order valence-corrected chi connectivity index (χ3v) is 2.34. The van der Waals surface area contributed by atoms with Crippen molar-refractivity contribution >= 4 is 5.95 Å². The molecule has 0 fully saturated rings. The molecule has 0 amide bonds. The molecule has 2 aromatic heterocycles. The van der Waals surface area contributed by atoms with Gasteiger partial charge in [-0.05, 0) is 13.8 Å². The Morgan fingerprint density at radius 1 is 1.28 bits per heavy atom. The summed E-state index contributed by atoms with van der Waals surface area (Å²) in [6, 6.07) is 0.304. The van der Waals surface area contributed by atoms with Gasteiger partial charge in [0.05, 0.1) is 12.9 Å². The second-order valence-electron chi connectivity index (χ2n) is 3.54. The second kappa shape index (κ2) is 5.44. The molecule has 2 aromatic rings. The van der Waals surface area contributed by atoms with Gasteiger partial charge in [0, 0.05) is 19.8 Å². The number of aromatic nitrogens is 5. The summed E-state index contributed by atoms with van der Waals surface area (Å²) in [5, 5.41) is 2.88. The number of anilines is 1. The number of imidazole rings is 1. The molecule has 0 aliphatic rings. The first-order chi connectivity index (χ1) is 8.76. The molecule has 0 aliphatic heterocycles. The van der Waals surface area contributed by atoms with E-state index in [1.165, 1.54) is 0 Å². The Bertz CT molecular complexity index is 524. The molecule has 7 heteroatoms. The molecule has 0 bridgehead atoms. The van der Waals surface area contributed by atoms with Gasteiger partial charge in [0.25, 0.3) is 0 Å². The van der Waals surface area contributed by atoms with Crippen molar-refractivity contribution in [3.05, 3.63) is 12.5 Å². The van der Waals surface area contributed by atoms with Gasteiger partial charge in [0.15, 0.2) is 5.82 Å². The fraction of sp³-hybridized carbons (Fsp3) is 0.455. The van der Waals surface area contributed by atoms with Gasteiger partial charge in [-0.2, -0.15) is 15.0 Å². The molecule has 0 spiro atoms. The van der Waals surface area contributed by atoms with Gasteiger partial charge in [-0.1, -0.05) is 0 Å². The predicted molar refractivity (Wildman–Crippen MR) is 67.4 cm³/mol. The van der Waals surface area contributed by atoms with E-state index >= 15 is 0 Å². The molecular formula is C11H16N6O. The number of ether oxygens (including phenoxy) is 1. The smallest absolute Gasteiger partial charge is 0.321 e. The highest BCUT2D eigenvalue weighted by atomic mass is 16.5. The van der Waals surface area contributed by atoms with Crippen LogP contribution in [-0.2, 0) is 6.54 Å². The van der Waals surface area contributed by atoms with Crippen molar-refractivity contribution in [3.8, 4) is 17.5 Å². The van der Waals surface area contributed by atoms with E-state index in [-0.39, 0.29) is 0 Å². The lowest BCUT2D eigenvalue weighted by Gasteiger charge is -2.05. The molecule has 0 saturated carbocycles. The minimum Gasteiger partial charge on any atom is -0.464 e. The first-order valence-electron chi connectivity index (χ1n) is 5.85. The number of hydrogen-bond acceptors (Lipinski definition) is 6. The largest absolute Gasteiger partial charge is 0.464 e. The Balaban J connectivity index is 2.39. The first kappa shape index (κ1) is 12.3. The van der Waals surface area contributed by atoms with E-state index in [9.17, 15) is 0 Å². The Morgan fingerprint density at radius 2 is 2.11 bits per heavy atom. The number of aryl methyl sites for hydroxylation is 1. The molecule has 2 rings (SSSR count). The van der Waals surface area contributed by atoms with Gasteiger partial charge in [0.2, 0.25) is 5.95 Å². The molecule has 0 aromatic carbocycles. The van der Waals surface area contributed by atoms with Crippen molar-refractivity contribution in [1.29, 1.82) is 0 Å². The SMILES string of the molecule is CCOc1nc(NC)nc(-c2cn(CC)cn2)n1. The molecular weight excluding hydrogens is 232 g/mol. The molecule has 18 heavy (non-hydrogen) atoms. The monoisotopic (exact) mass is 248 g/mol. The van der Waals surface area contributed by atoms with E-state index < -0.39 is 0 Å². The summed E-state index contributed by atoms with van der Waals surface area (Å²) >= 11 is 0. The number of rotatable bonds is 5. The molecule has 2 heterocycles. The van der Waals surface area contributed by atoms with Gasteiger partial charge in [-0.3, -0.25) is 0 Å². The van der Waals surface area contributed by atoms with E-state index in [2.05, 4.69) is 25.3 Å². The zero-order valence-electron chi connectivity index (χ0n) is 10.7. The van der Waals surface area contributed by atoms with Crippen LogP contribution in [0.25, 0.3) is 11.5 Å². The van der Waals surface area contributed by atoms with Crippen LogP contribution in [0.4, 0.5) is 5.95 Å². The summed E-state index contributed by atoms with van der Waals surface area (Å²) in [4.78, 5) is 16.9. The summed E-state index contributed by atoms with van der Waals surface area (Å²) < 4.78 is 7.26. The Morgan fingerprint density at radius 3 is 2.72 bits per heavy atom. The number of nitrogens with one attached hydrogen (secondary N) is 1. The second-order valence-corrected chi connectivity index (χ2v) is 3.54. The normalized spacial score (nSPS) is 10.4. The van der Waals surface area contributed by atoms with Crippen LogP contribution in [-0.4, -0.2) is 38.2 Å². The molecule has 96 valence electrons. The fourth-order valence-electron chi connectivity index (χ4n) is 1.43. The lowest BCUT2D eigenvalue weighted by Crippen LogP contribution is -2.05. The highest BCUT2D eigenvalue weighted by molar-refractivity contribution is 5.50. The molecule has 0 unspecified atom stereocenters. The number of nitrogens with zero attached hydrogens (tertiary/aromatic N) is 5. The summed E-state index contributed by atoms with van der Waals surface area (Å²) in [5.41, 5.74) is 0.705. The van der Waals surface area contributed by atoms with E-state index in [1.54, 1.807) is 13.4 Å². The summed E-state index contributed by atoms with van der Waals surface area (Å²) in [5.74, 6) is 0.972. The van der Waals surface area contributed by atoms with Crippen LogP contribution in [0.3, 0.4) is 0 Å². The van der Waals surface area contributed by atoms with Crippen molar-refractivity contribution in [2.24, 2.45) is 0 Å². The maximum Gasteiger partial charge on any atom is 0.321 e. The molecule has 0 atom stereocenters. The summed E-state index contributed by atoms with van der Waals surface area (Å²) in [6.07, 6.45) is 3.64. The van der Waals surface area contributed by atoms with Gasteiger partial charge >= 0.3 is 6.01 Å². The lowest BCUT2D eigenvalue weighted by atomic mass is 10.4. The van der Waals surface area contributed by atoms with Gasteiger partial charge in [0.1, 0.15) is 5.69 Å². The molecule has 7 nitrogen and oxygen atoms in total. The van der Waals surface area contributed by atoms with Crippen molar-refractivity contribution in [3.63, 3.8) is 0 Å². The van der Waals surface area contributed by atoms with Crippen LogP contribution in [0, 0.1) is 0 Å². The molecule has 0 radical (unpaired) electrons. The van der Waals surface area contributed by atoms with Crippen LogP contribution in [0.1, 0.15) is 13.8 Å². The van der Waals surface area contributed by atoms with Gasteiger partial charge < -0.3 is 14.6 Å². The minimum atomic E-state index is 0.304. The Labute approximate surface area is 105 Å². The fourth-order valence-corrected chi connectivity index (χ4v) is 1.43. The maximum absolute atomic E-state index is 5.31. The third kappa shape index (κ3) is 2.55. The van der Waals surface area contributed by atoms with Crippen molar-refractivity contribution in [1.82, 2.24) is 24.5 Å². The average molecular weight is 248 g/mol. The lowest BCUT2D eigenvalue weighted by molar-refractivity contribution is 0.312. The van der Waals surface area contributed by atoms with Crippen LogP contribution < -0.4 is 10.1 Å². The average Bonchev–Trinajstić information content (AvgIpc) is 2.87. The quantitative estimate of drug-likeness (QED) is 0.856. The van der Waals surface area contributed by atoms with E-state index in [1.807, 2.05) is 24.6 Å². The van der Waals surface area contributed by atoms with Crippen LogP contribution in [0.15, 0.2) is 12.5 Å². The predicted octanol–water partition coefficient (Wildman–Crippen LogP) is 1.20. The minimum absolute atomic E-state index is 0.304. The molecule has 0 saturated heterocycles. The van der Waals surface area contributed by atoms with Crippen molar-refractivity contribution in [2.75, 3.05) is 19.0 Å². The standard InChI is InChI=1S/C11H16N6O/c1-4-17-6-8(13-7-17)9-14-10(12-3)16-11(15-9)18-5-2/h6-7H,4-5H2,1-3H3,(H,12,14,15,16). The maximum atomic E-state index is 5.31. The Hall–Kier alpha value is -2.18. The topological polar surface area (TPSA) is 77.8 Å². The van der Waals surface area contributed by atoms with E-state index in [0.29, 0.717) is 30.1 Å². The van der Waals surface area contributed by atoms with Gasteiger partial charge in [-0.25, -0.2) is 4.98 Å². The van der Waals surface area contributed by atoms with Crippen LogP contribution >= 0.6 is 0 Å². The zero-order chi connectivity index (χ0) is 13.0. The van der Waals surface area contributed by atoms with E-state index in [4.69, 9.17) is 4.74 Å². The van der Waals surface area contributed by atoms with Crippen LogP contribution in [0.2, 0.25) is 0 Å². The highest BCUT2D eigenvalue weighted by Gasteiger charge is 2.10. The third-order valence-electron chi connectivity index (χ3n) is 2.34. The first-order valence-corrected chi connectivity index (χ1v) is 5.85. The summed E-state index contributed by atoms with van der Waals surface area (Å²) in [6.45, 7) is 5.29. The number of hydrogen-bond donors (Lipinski definition) is 1. The van der Waals surface area contributed by atoms with Crippen LogP contribution in [0.5, 0.6) is 6.01 Å². The zero-order valence-corrected chi connectivity index (χ0v) is 10.7. The van der Waals surface area contributed by atoms with Crippen molar-refractivity contribution in [2.45, 2.75) is 20.4 Å². The van der Waals surface area contributed by atoms with E-state index in [0.717, 1.165) is 6.54 Å². The van der Waals surface area contributed by atoms with Crippen molar-refractivity contribution < 1.29 is 4.74 Å². The molecule has 0 aliphatic carbocycles. The molecule has 1 N–H and O–H groups in total.